The number of rotatable bonds is 5. The summed E-state index contributed by atoms with van der Waals surface area (Å²) < 4.78 is 5.65. The van der Waals surface area contributed by atoms with Gasteiger partial charge >= 0.3 is 0 Å². The third kappa shape index (κ3) is 3.34. The van der Waals surface area contributed by atoms with E-state index >= 15 is 0 Å². The SMILES string of the molecule is CC(=NO)c1ccc(OCCc2ccsc2)cc1. The fraction of sp³-hybridized carbons (Fsp3) is 0.214. The first-order valence-electron chi connectivity index (χ1n) is 5.72. The van der Waals surface area contributed by atoms with Gasteiger partial charge in [0.2, 0.25) is 0 Å². The average Bonchev–Trinajstić information content (AvgIpc) is 2.92. The van der Waals surface area contributed by atoms with Crippen LogP contribution >= 0.6 is 11.3 Å². The minimum absolute atomic E-state index is 0.597. The first kappa shape index (κ1) is 12.6. The lowest BCUT2D eigenvalue weighted by molar-refractivity contribution is 0.318. The number of oxime groups is 1. The van der Waals surface area contributed by atoms with Crippen LogP contribution in [0.1, 0.15) is 18.1 Å². The lowest BCUT2D eigenvalue weighted by atomic mass is 10.1. The highest BCUT2D eigenvalue weighted by Gasteiger charge is 1.99. The van der Waals surface area contributed by atoms with Gasteiger partial charge < -0.3 is 9.94 Å². The molecule has 0 radical (unpaired) electrons. The van der Waals surface area contributed by atoms with E-state index < -0.39 is 0 Å². The summed E-state index contributed by atoms with van der Waals surface area (Å²) in [5, 5.41) is 16.0. The summed E-state index contributed by atoms with van der Waals surface area (Å²) in [4.78, 5) is 0. The fourth-order valence-corrected chi connectivity index (χ4v) is 2.27. The molecule has 2 aromatic rings. The summed E-state index contributed by atoms with van der Waals surface area (Å²) in [5.41, 5.74) is 2.79. The standard InChI is InChI=1S/C14H15NO2S/c1-11(15-16)13-2-4-14(5-3-13)17-8-6-12-7-9-18-10-12/h2-5,7,9-10,16H,6,8H2,1H3. The molecule has 0 fully saturated rings. The molecule has 0 saturated heterocycles. The van der Waals surface area contributed by atoms with Crippen LogP contribution in [0.15, 0.2) is 46.2 Å². The van der Waals surface area contributed by atoms with E-state index in [2.05, 4.69) is 22.0 Å². The van der Waals surface area contributed by atoms with E-state index in [4.69, 9.17) is 9.94 Å². The van der Waals surface area contributed by atoms with Gasteiger partial charge in [-0.25, -0.2) is 0 Å². The average molecular weight is 261 g/mol. The largest absolute Gasteiger partial charge is 0.493 e. The molecule has 0 unspecified atom stereocenters. The number of hydrogen-bond donors (Lipinski definition) is 1. The van der Waals surface area contributed by atoms with Crippen molar-refractivity contribution in [2.75, 3.05) is 6.61 Å². The van der Waals surface area contributed by atoms with E-state index in [0.29, 0.717) is 12.3 Å². The molecule has 0 aliphatic heterocycles. The molecule has 0 amide bonds. The summed E-state index contributed by atoms with van der Waals surface area (Å²) in [7, 11) is 0. The van der Waals surface area contributed by atoms with Crippen LogP contribution in [0, 0.1) is 0 Å². The smallest absolute Gasteiger partial charge is 0.119 e. The second-order valence-corrected chi connectivity index (χ2v) is 4.72. The highest BCUT2D eigenvalue weighted by Crippen LogP contribution is 2.14. The molecule has 4 heteroatoms. The number of thiophene rings is 1. The van der Waals surface area contributed by atoms with Crippen molar-refractivity contribution < 1.29 is 9.94 Å². The molecular weight excluding hydrogens is 246 g/mol. The minimum Gasteiger partial charge on any atom is -0.493 e. The van der Waals surface area contributed by atoms with Gasteiger partial charge in [-0.2, -0.15) is 11.3 Å². The predicted octanol–water partition coefficient (Wildman–Crippen LogP) is 3.57. The number of ether oxygens (including phenoxy) is 1. The molecular formula is C14H15NO2S. The molecule has 18 heavy (non-hydrogen) atoms. The van der Waals surface area contributed by atoms with Gasteiger partial charge in [-0.05, 0) is 59.1 Å². The predicted molar refractivity (Wildman–Crippen MR) is 74.0 cm³/mol. The topological polar surface area (TPSA) is 41.8 Å². The van der Waals surface area contributed by atoms with E-state index in [9.17, 15) is 0 Å². The van der Waals surface area contributed by atoms with Crippen molar-refractivity contribution in [3.63, 3.8) is 0 Å². The maximum absolute atomic E-state index is 8.66. The lowest BCUT2D eigenvalue weighted by Gasteiger charge is -2.06. The van der Waals surface area contributed by atoms with Gasteiger partial charge in [0.15, 0.2) is 0 Å². The van der Waals surface area contributed by atoms with Crippen LogP contribution in [-0.4, -0.2) is 17.5 Å². The Bertz CT molecular complexity index is 503. The molecule has 1 aromatic carbocycles. The molecule has 3 nitrogen and oxygen atoms in total. The zero-order chi connectivity index (χ0) is 12.8. The van der Waals surface area contributed by atoms with Crippen molar-refractivity contribution >= 4 is 17.0 Å². The Labute approximate surface area is 110 Å². The maximum Gasteiger partial charge on any atom is 0.119 e. The third-order valence-corrected chi connectivity index (χ3v) is 3.39. The Hall–Kier alpha value is -1.81. The molecule has 0 spiro atoms. The molecule has 0 aliphatic carbocycles. The second kappa shape index (κ2) is 6.21. The number of hydrogen-bond acceptors (Lipinski definition) is 4. The van der Waals surface area contributed by atoms with Crippen LogP contribution in [-0.2, 0) is 6.42 Å². The van der Waals surface area contributed by atoms with E-state index in [1.807, 2.05) is 24.3 Å². The molecule has 0 saturated carbocycles. The van der Waals surface area contributed by atoms with Gasteiger partial charge in [0, 0.05) is 6.42 Å². The molecule has 0 atom stereocenters. The van der Waals surface area contributed by atoms with Gasteiger partial charge in [0.25, 0.3) is 0 Å². The third-order valence-electron chi connectivity index (χ3n) is 2.66. The van der Waals surface area contributed by atoms with Crippen molar-refractivity contribution in [1.29, 1.82) is 0 Å². The Balaban J connectivity index is 1.87. The monoisotopic (exact) mass is 261 g/mol. The first-order valence-corrected chi connectivity index (χ1v) is 6.67. The van der Waals surface area contributed by atoms with Gasteiger partial charge in [-0.15, -0.1) is 0 Å². The van der Waals surface area contributed by atoms with Gasteiger partial charge in [0.05, 0.1) is 12.3 Å². The van der Waals surface area contributed by atoms with Crippen LogP contribution in [0.25, 0.3) is 0 Å². The molecule has 94 valence electrons. The molecule has 1 aromatic heterocycles. The summed E-state index contributed by atoms with van der Waals surface area (Å²) in [5.74, 6) is 0.833. The van der Waals surface area contributed by atoms with E-state index in [1.165, 1.54) is 5.56 Å². The van der Waals surface area contributed by atoms with Crippen LogP contribution in [0.2, 0.25) is 0 Å². The van der Waals surface area contributed by atoms with Gasteiger partial charge in [0.1, 0.15) is 5.75 Å². The molecule has 0 aliphatic rings. The Morgan fingerprint density at radius 3 is 2.67 bits per heavy atom. The van der Waals surface area contributed by atoms with Crippen LogP contribution in [0.5, 0.6) is 5.75 Å². The Morgan fingerprint density at radius 1 is 1.28 bits per heavy atom. The molecule has 1 heterocycles. The van der Waals surface area contributed by atoms with Crippen molar-refractivity contribution in [2.24, 2.45) is 5.16 Å². The Kier molecular flexibility index (Phi) is 4.36. The van der Waals surface area contributed by atoms with Gasteiger partial charge in [-0.1, -0.05) is 5.16 Å². The normalized spacial score (nSPS) is 11.5. The minimum atomic E-state index is 0.597. The Morgan fingerprint density at radius 2 is 2.06 bits per heavy atom. The second-order valence-electron chi connectivity index (χ2n) is 3.94. The van der Waals surface area contributed by atoms with Crippen molar-refractivity contribution in [3.05, 3.63) is 52.2 Å². The highest BCUT2D eigenvalue weighted by molar-refractivity contribution is 7.07. The van der Waals surface area contributed by atoms with Crippen LogP contribution in [0.3, 0.4) is 0 Å². The highest BCUT2D eigenvalue weighted by atomic mass is 32.1. The zero-order valence-electron chi connectivity index (χ0n) is 10.2. The van der Waals surface area contributed by atoms with Crippen LogP contribution < -0.4 is 4.74 Å². The molecule has 2 rings (SSSR count). The maximum atomic E-state index is 8.66. The van der Waals surface area contributed by atoms with Gasteiger partial charge in [-0.3, -0.25) is 0 Å². The molecule has 0 bridgehead atoms. The first-order chi connectivity index (χ1) is 8.79. The van der Waals surface area contributed by atoms with Crippen molar-refractivity contribution in [3.8, 4) is 5.75 Å². The summed E-state index contributed by atoms with van der Waals surface area (Å²) in [6, 6.07) is 9.65. The van der Waals surface area contributed by atoms with E-state index in [0.717, 1.165) is 17.7 Å². The quantitative estimate of drug-likeness (QED) is 0.508. The van der Waals surface area contributed by atoms with Crippen molar-refractivity contribution in [1.82, 2.24) is 0 Å². The number of nitrogens with zero attached hydrogens (tertiary/aromatic N) is 1. The van der Waals surface area contributed by atoms with Crippen LogP contribution in [0.4, 0.5) is 0 Å². The van der Waals surface area contributed by atoms with E-state index in [-0.39, 0.29) is 0 Å². The summed E-state index contributed by atoms with van der Waals surface area (Å²) in [6.07, 6.45) is 0.919. The lowest BCUT2D eigenvalue weighted by Crippen LogP contribution is -2.01. The fourth-order valence-electron chi connectivity index (χ4n) is 1.57. The zero-order valence-corrected chi connectivity index (χ0v) is 11.0. The number of benzene rings is 1. The van der Waals surface area contributed by atoms with Crippen molar-refractivity contribution in [2.45, 2.75) is 13.3 Å². The molecule has 1 N–H and O–H groups in total. The summed E-state index contributed by atoms with van der Waals surface area (Å²) >= 11 is 1.70. The van der Waals surface area contributed by atoms with E-state index in [1.54, 1.807) is 18.3 Å². The summed E-state index contributed by atoms with van der Waals surface area (Å²) in [6.45, 7) is 2.43.